The molecule has 0 spiro atoms. The van der Waals surface area contributed by atoms with Crippen LogP contribution in [0.15, 0.2) is 18.2 Å². The minimum absolute atomic E-state index is 0.104. The van der Waals surface area contributed by atoms with Crippen molar-refractivity contribution in [1.82, 2.24) is 0 Å². The molecule has 0 fully saturated rings. The van der Waals surface area contributed by atoms with Crippen molar-refractivity contribution in [3.63, 3.8) is 0 Å². The smallest absolute Gasteiger partial charge is 0.311 e. The standard InChI is InChI=1S/C14H17ClO4/c1-3-6-12(16)18-11-9-5-8-10(15)14(11)19-13(17)7-4-2/h5,8-9H,3-4,6-7H2,1-2H3. The van der Waals surface area contributed by atoms with E-state index in [-0.39, 0.29) is 28.9 Å². The van der Waals surface area contributed by atoms with E-state index in [0.717, 1.165) is 0 Å². The summed E-state index contributed by atoms with van der Waals surface area (Å²) in [7, 11) is 0. The van der Waals surface area contributed by atoms with E-state index in [1.54, 1.807) is 18.2 Å². The van der Waals surface area contributed by atoms with Gasteiger partial charge in [0.2, 0.25) is 0 Å². The molecule has 19 heavy (non-hydrogen) atoms. The highest BCUT2D eigenvalue weighted by atomic mass is 35.5. The predicted octanol–water partition coefficient (Wildman–Crippen LogP) is 3.75. The molecule has 104 valence electrons. The molecule has 1 rings (SSSR count). The lowest BCUT2D eigenvalue weighted by molar-refractivity contribution is -0.137. The zero-order chi connectivity index (χ0) is 14.3. The van der Waals surface area contributed by atoms with E-state index in [4.69, 9.17) is 21.1 Å². The van der Waals surface area contributed by atoms with Crippen molar-refractivity contribution >= 4 is 23.5 Å². The highest BCUT2D eigenvalue weighted by Crippen LogP contribution is 2.35. The molecule has 0 N–H and O–H groups in total. The van der Waals surface area contributed by atoms with Crippen LogP contribution in [0.25, 0.3) is 0 Å². The van der Waals surface area contributed by atoms with E-state index in [0.29, 0.717) is 19.3 Å². The Balaban J connectivity index is 2.88. The van der Waals surface area contributed by atoms with Crippen LogP contribution in [0.2, 0.25) is 5.02 Å². The number of hydrogen-bond donors (Lipinski definition) is 0. The van der Waals surface area contributed by atoms with Crippen LogP contribution in [0.1, 0.15) is 39.5 Å². The summed E-state index contributed by atoms with van der Waals surface area (Å²) in [6.45, 7) is 3.75. The topological polar surface area (TPSA) is 52.6 Å². The zero-order valence-corrected chi connectivity index (χ0v) is 11.8. The molecule has 0 amide bonds. The van der Waals surface area contributed by atoms with E-state index < -0.39 is 5.97 Å². The Labute approximate surface area is 117 Å². The van der Waals surface area contributed by atoms with Gasteiger partial charge in [0, 0.05) is 12.8 Å². The first kappa shape index (κ1) is 15.5. The average Bonchev–Trinajstić information content (AvgIpc) is 2.34. The summed E-state index contributed by atoms with van der Waals surface area (Å²) in [6.07, 6.45) is 1.95. The molecule has 4 nitrogen and oxygen atoms in total. The van der Waals surface area contributed by atoms with Crippen molar-refractivity contribution in [3.05, 3.63) is 23.2 Å². The highest BCUT2D eigenvalue weighted by Gasteiger charge is 2.16. The van der Waals surface area contributed by atoms with Crippen LogP contribution >= 0.6 is 11.6 Å². The van der Waals surface area contributed by atoms with Crippen molar-refractivity contribution in [2.24, 2.45) is 0 Å². The molecule has 0 heterocycles. The maximum atomic E-state index is 11.5. The molecule has 0 aliphatic carbocycles. The van der Waals surface area contributed by atoms with Crippen molar-refractivity contribution in [2.45, 2.75) is 39.5 Å². The number of benzene rings is 1. The molecular formula is C14H17ClO4. The summed E-state index contributed by atoms with van der Waals surface area (Å²) in [4.78, 5) is 23.0. The summed E-state index contributed by atoms with van der Waals surface area (Å²) >= 11 is 5.97. The fraction of sp³-hybridized carbons (Fsp3) is 0.429. The number of carbonyl (C=O) groups is 2. The predicted molar refractivity (Wildman–Crippen MR) is 72.5 cm³/mol. The van der Waals surface area contributed by atoms with Crippen LogP contribution in [0.5, 0.6) is 11.5 Å². The van der Waals surface area contributed by atoms with Crippen molar-refractivity contribution in [3.8, 4) is 11.5 Å². The van der Waals surface area contributed by atoms with Gasteiger partial charge in [0.05, 0.1) is 5.02 Å². The summed E-state index contributed by atoms with van der Waals surface area (Å²) < 4.78 is 10.3. The Kier molecular flexibility index (Phi) is 6.36. The van der Waals surface area contributed by atoms with E-state index in [1.807, 2.05) is 13.8 Å². The van der Waals surface area contributed by atoms with Gasteiger partial charge >= 0.3 is 11.9 Å². The molecule has 0 saturated carbocycles. The molecule has 0 saturated heterocycles. The number of para-hydroxylation sites is 1. The fourth-order valence-corrected chi connectivity index (χ4v) is 1.62. The largest absolute Gasteiger partial charge is 0.422 e. The molecule has 0 unspecified atom stereocenters. The number of esters is 2. The lowest BCUT2D eigenvalue weighted by atomic mass is 10.3. The first-order valence-corrected chi connectivity index (χ1v) is 6.66. The van der Waals surface area contributed by atoms with Crippen LogP contribution in [0, 0.1) is 0 Å². The Morgan fingerprint density at radius 2 is 1.63 bits per heavy atom. The first-order valence-electron chi connectivity index (χ1n) is 6.28. The Bertz CT molecular complexity index is 457. The van der Waals surface area contributed by atoms with Gasteiger partial charge in [-0.15, -0.1) is 0 Å². The molecule has 0 radical (unpaired) electrons. The number of hydrogen-bond acceptors (Lipinski definition) is 4. The molecular weight excluding hydrogens is 268 g/mol. The Morgan fingerprint density at radius 1 is 1.05 bits per heavy atom. The van der Waals surface area contributed by atoms with E-state index in [1.165, 1.54) is 0 Å². The number of halogens is 1. The van der Waals surface area contributed by atoms with Gasteiger partial charge in [-0.05, 0) is 25.0 Å². The minimum atomic E-state index is -0.400. The highest BCUT2D eigenvalue weighted by molar-refractivity contribution is 6.32. The van der Waals surface area contributed by atoms with E-state index in [2.05, 4.69) is 0 Å². The molecule has 0 aromatic heterocycles. The maximum absolute atomic E-state index is 11.5. The summed E-state index contributed by atoms with van der Waals surface area (Å²) in [5.74, 6) is -0.497. The number of ether oxygens (including phenoxy) is 2. The van der Waals surface area contributed by atoms with Gasteiger partial charge in [0.1, 0.15) is 0 Å². The third kappa shape index (κ3) is 4.91. The summed E-state index contributed by atoms with van der Waals surface area (Å²) in [5, 5.41) is 0.242. The third-order valence-electron chi connectivity index (χ3n) is 2.28. The second-order valence-corrected chi connectivity index (χ2v) is 4.42. The molecule has 0 bridgehead atoms. The molecule has 5 heteroatoms. The quantitative estimate of drug-likeness (QED) is 0.590. The zero-order valence-electron chi connectivity index (χ0n) is 11.1. The van der Waals surface area contributed by atoms with Gasteiger partial charge in [0.15, 0.2) is 11.5 Å². The average molecular weight is 285 g/mol. The van der Waals surface area contributed by atoms with Gasteiger partial charge < -0.3 is 9.47 Å². The van der Waals surface area contributed by atoms with Crippen molar-refractivity contribution < 1.29 is 19.1 Å². The lowest BCUT2D eigenvalue weighted by Gasteiger charge is -2.11. The van der Waals surface area contributed by atoms with Crippen LogP contribution in [0.4, 0.5) is 0 Å². The van der Waals surface area contributed by atoms with Gasteiger partial charge in [0.25, 0.3) is 0 Å². The van der Waals surface area contributed by atoms with Crippen LogP contribution < -0.4 is 9.47 Å². The monoisotopic (exact) mass is 284 g/mol. The second-order valence-electron chi connectivity index (χ2n) is 4.02. The van der Waals surface area contributed by atoms with Crippen LogP contribution in [-0.2, 0) is 9.59 Å². The van der Waals surface area contributed by atoms with Gasteiger partial charge in [-0.1, -0.05) is 31.5 Å². The van der Waals surface area contributed by atoms with Crippen molar-refractivity contribution in [2.75, 3.05) is 0 Å². The van der Waals surface area contributed by atoms with Crippen molar-refractivity contribution in [1.29, 1.82) is 0 Å². The van der Waals surface area contributed by atoms with Gasteiger partial charge in [-0.25, -0.2) is 0 Å². The SMILES string of the molecule is CCCC(=O)Oc1cccc(Cl)c1OC(=O)CCC. The summed E-state index contributed by atoms with van der Waals surface area (Å²) in [6, 6.07) is 4.76. The third-order valence-corrected chi connectivity index (χ3v) is 2.58. The van der Waals surface area contributed by atoms with Crippen LogP contribution in [0.3, 0.4) is 0 Å². The maximum Gasteiger partial charge on any atom is 0.311 e. The summed E-state index contributed by atoms with van der Waals surface area (Å²) in [5.41, 5.74) is 0. The Hall–Kier alpha value is -1.55. The molecule has 0 atom stereocenters. The van der Waals surface area contributed by atoms with Gasteiger partial charge in [-0.2, -0.15) is 0 Å². The molecule has 1 aromatic carbocycles. The first-order chi connectivity index (χ1) is 9.08. The lowest BCUT2D eigenvalue weighted by Crippen LogP contribution is -2.11. The van der Waals surface area contributed by atoms with E-state index >= 15 is 0 Å². The molecule has 0 aliphatic heterocycles. The molecule has 0 aliphatic rings. The van der Waals surface area contributed by atoms with Crippen LogP contribution in [-0.4, -0.2) is 11.9 Å². The van der Waals surface area contributed by atoms with Gasteiger partial charge in [-0.3, -0.25) is 9.59 Å². The number of carbonyl (C=O) groups excluding carboxylic acids is 2. The minimum Gasteiger partial charge on any atom is -0.422 e. The number of rotatable bonds is 6. The fourth-order valence-electron chi connectivity index (χ4n) is 1.42. The molecule has 1 aromatic rings. The second kappa shape index (κ2) is 7.79. The van der Waals surface area contributed by atoms with E-state index in [9.17, 15) is 9.59 Å². The normalized spacial score (nSPS) is 10.1. The Morgan fingerprint density at radius 3 is 2.21 bits per heavy atom.